The van der Waals surface area contributed by atoms with Crippen LogP contribution in [0.3, 0.4) is 0 Å². The number of anilines is 1. The molecule has 0 saturated heterocycles. The Hall–Kier alpha value is -1.66. The summed E-state index contributed by atoms with van der Waals surface area (Å²) in [5, 5.41) is 5.95. The van der Waals surface area contributed by atoms with Gasteiger partial charge < -0.3 is 0 Å². The van der Waals surface area contributed by atoms with Gasteiger partial charge in [-0.3, -0.25) is 10.1 Å². The second-order valence-corrected chi connectivity index (χ2v) is 6.50. The maximum atomic E-state index is 12.2. The molecule has 116 valence electrons. The minimum Gasteiger partial charge on any atom is -0.298 e. The Morgan fingerprint density at radius 1 is 1.13 bits per heavy atom. The highest BCUT2D eigenvalue weighted by molar-refractivity contribution is 7.14. The van der Waals surface area contributed by atoms with Crippen LogP contribution in [0.25, 0.3) is 11.3 Å². The van der Waals surface area contributed by atoms with Crippen molar-refractivity contribution in [3.05, 3.63) is 62.7 Å². The Morgan fingerprint density at radius 3 is 2.65 bits per heavy atom. The molecule has 23 heavy (non-hydrogen) atoms. The average molecular weight is 385 g/mol. The van der Waals surface area contributed by atoms with E-state index in [4.69, 9.17) is 34.8 Å². The third-order valence-corrected chi connectivity index (χ3v) is 4.71. The van der Waals surface area contributed by atoms with Crippen LogP contribution in [0.15, 0.2) is 41.9 Å². The molecule has 1 amide bonds. The highest BCUT2D eigenvalue weighted by Gasteiger charge is 2.13. The Labute approximate surface area is 151 Å². The predicted molar refractivity (Wildman–Crippen MR) is 94.8 cm³/mol. The molecule has 0 spiro atoms. The number of aromatic nitrogens is 2. The molecule has 8 heteroatoms. The first-order chi connectivity index (χ1) is 11.0. The third kappa shape index (κ3) is 3.64. The first-order valence-corrected chi connectivity index (χ1v) is 8.39. The van der Waals surface area contributed by atoms with Crippen molar-refractivity contribution in [3.63, 3.8) is 0 Å². The maximum absolute atomic E-state index is 12.2. The molecule has 0 fully saturated rings. The van der Waals surface area contributed by atoms with Crippen LogP contribution >= 0.6 is 46.1 Å². The minimum atomic E-state index is -0.365. The van der Waals surface area contributed by atoms with Gasteiger partial charge in [0, 0.05) is 22.2 Å². The Morgan fingerprint density at radius 2 is 1.91 bits per heavy atom. The van der Waals surface area contributed by atoms with E-state index in [-0.39, 0.29) is 16.1 Å². The number of hydrogen-bond acceptors (Lipinski definition) is 4. The van der Waals surface area contributed by atoms with Gasteiger partial charge in [-0.2, -0.15) is 0 Å². The molecule has 0 saturated carbocycles. The number of rotatable bonds is 3. The lowest BCUT2D eigenvalue weighted by atomic mass is 10.2. The number of halogens is 3. The zero-order valence-electron chi connectivity index (χ0n) is 11.4. The topological polar surface area (TPSA) is 54.9 Å². The highest BCUT2D eigenvalue weighted by atomic mass is 35.5. The first-order valence-electron chi connectivity index (χ1n) is 6.37. The van der Waals surface area contributed by atoms with Crippen LogP contribution in [0.1, 0.15) is 10.4 Å². The third-order valence-electron chi connectivity index (χ3n) is 2.93. The van der Waals surface area contributed by atoms with Gasteiger partial charge in [-0.1, -0.05) is 53.0 Å². The molecule has 0 radical (unpaired) electrons. The zero-order valence-corrected chi connectivity index (χ0v) is 14.5. The van der Waals surface area contributed by atoms with Crippen molar-refractivity contribution in [2.45, 2.75) is 0 Å². The fraction of sp³-hybridized carbons (Fsp3) is 0. The molecular weight excluding hydrogens is 377 g/mol. The van der Waals surface area contributed by atoms with Crippen molar-refractivity contribution < 1.29 is 4.79 Å². The Kier molecular flexibility index (Phi) is 4.82. The Bertz CT molecular complexity index is 882. The fourth-order valence-electron chi connectivity index (χ4n) is 1.84. The normalized spacial score (nSPS) is 10.6. The van der Waals surface area contributed by atoms with Crippen LogP contribution in [-0.4, -0.2) is 15.9 Å². The van der Waals surface area contributed by atoms with E-state index in [1.807, 2.05) is 23.6 Å². The number of thiazole rings is 1. The number of amides is 1. The van der Waals surface area contributed by atoms with Crippen LogP contribution in [0.4, 0.5) is 5.13 Å². The van der Waals surface area contributed by atoms with E-state index < -0.39 is 0 Å². The molecule has 0 aliphatic heterocycles. The summed E-state index contributed by atoms with van der Waals surface area (Å²) in [6.07, 6.45) is 1.35. The summed E-state index contributed by atoms with van der Waals surface area (Å²) in [7, 11) is 0. The van der Waals surface area contributed by atoms with Crippen LogP contribution in [-0.2, 0) is 0 Å². The van der Waals surface area contributed by atoms with Crippen molar-refractivity contribution in [2.24, 2.45) is 0 Å². The van der Waals surface area contributed by atoms with Gasteiger partial charge in [0.2, 0.25) is 0 Å². The number of carbonyl (C=O) groups excluding carboxylic acids is 1. The van der Waals surface area contributed by atoms with E-state index in [1.165, 1.54) is 23.6 Å². The molecule has 2 aromatic heterocycles. The van der Waals surface area contributed by atoms with Gasteiger partial charge >= 0.3 is 0 Å². The van der Waals surface area contributed by atoms with Gasteiger partial charge in [0.05, 0.1) is 16.3 Å². The number of carbonyl (C=O) groups is 1. The van der Waals surface area contributed by atoms with Crippen molar-refractivity contribution >= 4 is 57.2 Å². The van der Waals surface area contributed by atoms with Gasteiger partial charge in [-0.05, 0) is 12.1 Å². The number of nitrogens with zero attached hydrogens (tertiary/aromatic N) is 2. The van der Waals surface area contributed by atoms with Crippen molar-refractivity contribution in [1.29, 1.82) is 0 Å². The van der Waals surface area contributed by atoms with Crippen molar-refractivity contribution in [2.75, 3.05) is 5.32 Å². The van der Waals surface area contributed by atoms with Gasteiger partial charge in [-0.25, -0.2) is 9.97 Å². The molecule has 0 unspecified atom stereocenters. The standard InChI is InChI=1S/C15H8Cl3N3OS/c16-10-4-2-1-3-9(10)12-7-23-15(20-12)21-14(22)8-5-11(17)13(18)19-6-8/h1-7H,(H,20,21,22). The largest absolute Gasteiger partial charge is 0.298 e. The lowest BCUT2D eigenvalue weighted by Crippen LogP contribution is -2.12. The molecule has 4 nitrogen and oxygen atoms in total. The first kappa shape index (κ1) is 16.2. The maximum Gasteiger partial charge on any atom is 0.259 e. The minimum absolute atomic E-state index is 0.151. The molecule has 0 aliphatic carbocycles. The van der Waals surface area contributed by atoms with Crippen LogP contribution in [0, 0.1) is 0 Å². The van der Waals surface area contributed by atoms with E-state index in [0.29, 0.717) is 21.4 Å². The summed E-state index contributed by atoms with van der Waals surface area (Å²) in [6.45, 7) is 0. The van der Waals surface area contributed by atoms with E-state index in [9.17, 15) is 4.79 Å². The molecule has 3 rings (SSSR count). The summed E-state index contributed by atoms with van der Waals surface area (Å²) in [5.74, 6) is -0.365. The van der Waals surface area contributed by atoms with E-state index in [0.717, 1.165) is 5.56 Å². The molecule has 0 aliphatic rings. The molecule has 0 atom stereocenters. The number of benzene rings is 1. The van der Waals surface area contributed by atoms with Crippen molar-refractivity contribution in [3.8, 4) is 11.3 Å². The summed E-state index contributed by atoms with van der Waals surface area (Å²) >= 11 is 19.0. The van der Waals surface area contributed by atoms with Gasteiger partial charge in [0.1, 0.15) is 5.15 Å². The summed E-state index contributed by atoms with van der Waals surface area (Å²) in [5.41, 5.74) is 1.80. The molecule has 0 bridgehead atoms. The average Bonchev–Trinajstić information content (AvgIpc) is 2.98. The summed E-state index contributed by atoms with van der Waals surface area (Å²) in [6, 6.07) is 8.83. The van der Waals surface area contributed by atoms with E-state index in [1.54, 1.807) is 6.07 Å². The molecule has 1 aromatic carbocycles. The van der Waals surface area contributed by atoms with E-state index >= 15 is 0 Å². The van der Waals surface area contributed by atoms with Crippen LogP contribution < -0.4 is 5.32 Å². The highest BCUT2D eigenvalue weighted by Crippen LogP contribution is 2.30. The van der Waals surface area contributed by atoms with Gasteiger partial charge in [0.15, 0.2) is 5.13 Å². The van der Waals surface area contributed by atoms with Gasteiger partial charge in [0.25, 0.3) is 5.91 Å². The quantitative estimate of drug-likeness (QED) is 0.614. The SMILES string of the molecule is O=C(Nc1nc(-c2ccccc2Cl)cs1)c1cnc(Cl)c(Cl)c1. The van der Waals surface area contributed by atoms with Crippen LogP contribution in [0.5, 0.6) is 0 Å². The van der Waals surface area contributed by atoms with Crippen LogP contribution in [0.2, 0.25) is 15.2 Å². The fourth-order valence-corrected chi connectivity index (χ4v) is 3.05. The zero-order chi connectivity index (χ0) is 16.4. The van der Waals surface area contributed by atoms with E-state index in [2.05, 4.69) is 15.3 Å². The predicted octanol–water partition coefficient (Wildman–Crippen LogP) is 5.42. The number of nitrogens with one attached hydrogen (secondary N) is 1. The molecular formula is C15H8Cl3N3OS. The second-order valence-electron chi connectivity index (χ2n) is 4.47. The molecule has 1 N–H and O–H groups in total. The molecule has 2 heterocycles. The lowest BCUT2D eigenvalue weighted by molar-refractivity contribution is 0.102. The van der Waals surface area contributed by atoms with Crippen molar-refractivity contribution in [1.82, 2.24) is 9.97 Å². The second kappa shape index (κ2) is 6.84. The smallest absolute Gasteiger partial charge is 0.259 e. The van der Waals surface area contributed by atoms with Gasteiger partial charge in [-0.15, -0.1) is 11.3 Å². The summed E-state index contributed by atoms with van der Waals surface area (Å²) in [4.78, 5) is 20.4. The summed E-state index contributed by atoms with van der Waals surface area (Å²) < 4.78 is 0. The number of hydrogen-bond donors (Lipinski definition) is 1. The lowest BCUT2D eigenvalue weighted by Gasteiger charge is -2.03. The Balaban J connectivity index is 1.80. The molecule has 3 aromatic rings. The monoisotopic (exact) mass is 383 g/mol. The number of pyridine rings is 1.